The minimum absolute atomic E-state index is 0.140. The molecule has 0 amide bonds. The minimum Gasteiger partial charge on any atom is -0.382 e. The van der Waals surface area contributed by atoms with Gasteiger partial charge in [-0.25, -0.2) is 28.4 Å². The van der Waals surface area contributed by atoms with Gasteiger partial charge in [-0.2, -0.15) is 4.31 Å². The smallest absolute Gasteiger partial charge is 0.382 e. The van der Waals surface area contributed by atoms with Crippen LogP contribution in [0.5, 0.6) is 0 Å². The number of rotatable bonds is 12. The summed E-state index contributed by atoms with van der Waals surface area (Å²) in [5.41, 5.74) is 7.86. The zero-order valence-corrected chi connectivity index (χ0v) is 28.0. The number of hydrogen-bond donors (Lipinski definition) is 4. The molecule has 17 nitrogen and oxygen atoms in total. The highest BCUT2D eigenvalue weighted by Crippen LogP contribution is 2.68. The molecule has 20 heteroatoms. The van der Waals surface area contributed by atoms with Crippen molar-refractivity contribution in [2.75, 3.05) is 12.3 Å². The second kappa shape index (κ2) is 13.4. The van der Waals surface area contributed by atoms with Crippen molar-refractivity contribution in [2.24, 2.45) is 0 Å². The number of imidazole rings is 1. The summed E-state index contributed by atoms with van der Waals surface area (Å²) in [4.78, 5) is 43.1. The predicted molar refractivity (Wildman–Crippen MR) is 173 cm³/mol. The highest BCUT2D eigenvalue weighted by Gasteiger charge is 2.54. The maximum absolute atomic E-state index is 12.8. The lowest BCUT2D eigenvalue weighted by Gasteiger charge is -2.22. The van der Waals surface area contributed by atoms with E-state index in [-0.39, 0.29) is 5.82 Å². The number of phosphoric ester groups is 1. The normalized spacial score (nSPS) is 25.9. The molecule has 8 atom stereocenters. The van der Waals surface area contributed by atoms with Gasteiger partial charge in [0.1, 0.15) is 30.2 Å². The van der Waals surface area contributed by atoms with E-state index in [9.17, 15) is 28.4 Å². The third-order valence-corrected chi connectivity index (χ3v) is 12.6. The lowest BCUT2D eigenvalue weighted by molar-refractivity contribution is -0.149. The molecule has 0 bridgehead atoms. The van der Waals surface area contributed by atoms with Crippen molar-refractivity contribution < 1.29 is 55.7 Å². The van der Waals surface area contributed by atoms with Gasteiger partial charge < -0.3 is 34.6 Å². The summed E-state index contributed by atoms with van der Waals surface area (Å²) < 4.78 is 71.9. The maximum Gasteiger partial charge on any atom is 0.488 e. The summed E-state index contributed by atoms with van der Waals surface area (Å²) in [6, 6.07) is 21.7. The van der Waals surface area contributed by atoms with Crippen LogP contribution in [0.2, 0.25) is 0 Å². The molecule has 5 N–H and O–H groups in total. The van der Waals surface area contributed by atoms with Crippen molar-refractivity contribution in [2.45, 2.75) is 43.4 Å². The Kier molecular flexibility index (Phi) is 9.30. The number of anilines is 1. The number of fused-ring (bicyclic) bond motifs is 3. The van der Waals surface area contributed by atoms with Crippen molar-refractivity contribution in [3.8, 4) is 0 Å². The molecule has 4 heterocycles. The van der Waals surface area contributed by atoms with Crippen LogP contribution >= 0.6 is 23.2 Å². The summed E-state index contributed by atoms with van der Waals surface area (Å²) in [7, 11) is -15.8. The van der Waals surface area contributed by atoms with E-state index in [2.05, 4.69) is 23.6 Å². The van der Waals surface area contributed by atoms with Gasteiger partial charge in [0.2, 0.25) is 0 Å². The second-order valence-corrected chi connectivity index (χ2v) is 16.4. The van der Waals surface area contributed by atoms with Gasteiger partial charge in [-0.05, 0) is 21.9 Å². The van der Waals surface area contributed by atoms with Crippen molar-refractivity contribution in [3.63, 3.8) is 0 Å². The standard InChI is InChI=1S/C29H30N5O12P3/c30-27-24-28(32-16-31-27)34(17-33-24)29-26-25(43-23(44-26)13-19-10-11-20-8-4-5-9-21(20)12-19)22(42-29)14-41-48(37,38)46-49(39,40)45-47(35,36)15-18-6-2-1-3-7-18/h1-12,16-17,22-23,25-26,29H,13-15H2,(H,35,36)(H,37,38)(H,39,40)(H2,30,31,32)/t22-,23?,25+,26+,29-/m1/s1. The third-order valence-electron chi connectivity index (χ3n) is 7.85. The highest BCUT2D eigenvalue weighted by molar-refractivity contribution is 7.68. The van der Waals surface area contributed by atoms with E-state index in [0.29, 0.717) is 23.1 Å². The van der Waals surface area contributed by atoms with E-state index in [1.54, 1.807) is 22.8 Å². The van der Waals surface area contributed by atoms with Gasteiger partial charge in [0, 0.05) is 6.42 Å². The Morgan fingerprint density at radius 1 is 0.796 bits per heavy atom. The predicted octanol–water partition coefficient (Wildman–Crippen LogP) is 4.45. The van der Waals surface area contributed by atoms with Gasteiger partial charge in [0.05, 0.1) is 19.1 Å². The topological polar surface area (TPSA) is 237 Å². The highest BCUT2D eigenvalue weighted by atomic mass is 31.3. The summed E-state index contributed by atoms with van der Waals surface area (Å²) in [5, 5.41) is 2.11. The molecule has 258 valence electrons. The first kappa shape index (κ1) is 34.1. The first-order valence-corrected chi connectivity index (χ1v) is 19.6. The van der Waals surface area contributed by atoms with Crippen LogP contribution in [-0.4, -0.2) is 65.4 Å². The number of nitrogen functional groups attached to an aromatic ring is 1. The van der Waals surface area contributed by atoms with Crippen molar-refractivity contribution in [1.29, 1.82) is 0 Å². The minimum atomic E-state index is -5.59. The number of ether oxygens (including phenoxy) is 3. The largest absolute Gasteiger partial charge is 0.488 e. The van der Waals surface area contributed by atoms with Gasteiger partial charge in [0.15, 0.2) is 24.0 Å². The molecule has 0 radical (unpaired) electrons. The Morgan fingerprint density at radius 3 is 2.33 bits per heavy atom. The van der Waals surface area contributed by atoms with Gasteiger partial charge >= 0.3 is 23.2 Å². The van der Waals surface area contributed by atoms with E-state index >= 15 is 0 Å². The summed E-state index contributed by atoms with van der Waals surface area (Å²) in [6.07, 6.45) is -2.04. The number of hydrogen-bond acceptors (Lipinski definition) is 13. The Labute approximate surface area is 278 Å². The Morgan fingerprint density at radius 2 is 1.53 bits per heavy atom. The molecule has 2 aliphatic rings. The van der Waals surface area contributed by atoms with Crippen LogP contribution in [0.25, 0.3) is 21.9 Å². The van der Waals surface area contributed by atoms with Gasteiger partial charge in [-0.3, -0.25) is 13.7 Å². The van der Waals surface area contributed by atoms with Crippen LogP contribution in [0.4, 0.5) is 5.82 Å². The van der Waals surface area contributed by atoms with E-state index in [1.165, 1.54) is 24.8 Å². The quantitative estimate of drug-likeness (QED) is 0.130. The molecule has 3 aromatic carbocycles. The zero-order valence-electron chi connectivity index (χ0n) is 25.3. The number of benzene rings is 3. The molecule has 0 spiro atoms. The average molecular weight is 734 g/mol. The monoisotopic (exact) mass is 733 g/mol. The van der Waals surface area contributed by atoms with Crippen LogP contribution in [0, 0.1) is 0 Å². The van der Waals surface area contributed by atoms with Crippen LogP contribution in [-0.2, 0) is 53.6 Å². The van der Waals surface area contributed by atoms with Gasteiger partial charge in [0.25, 0.3) is 0 Å². The van der Waals surface area contributed by atoms with Crippen LogP contribution in [0.3, 0.4) is 0 Å². The number of nitrogens with two attached hydrogens (primary N) is 1. The molecule has 5 aromatic rings. The first-order valence-electron chi connectivity index (χ1n) is 14.8. The molecule has 7 rings (SSSR count). The molecule has 4 unspecified atom stereocenters. The number of phosphoric acid groups is 2. The Hall–Kier alpha value is -3.40. The van der Waals surface area contributed by atoms with Crippen LogP contribution in [0.15, 0.2) is 85.5 Å². The fourth-order valence-electron chi connectivity index (χ4n) is 5.81. The molecule has 0 saturated carbocycles. The van der Waals surface area contributed by atoms with Gasteiger partial charge in [-0.1, -0.05) is 72.8 Å². The zero-order chi connectivity index (χ0) is 34.4. The molecular formula is C29H30N5O12P3. The molecule has 2 saturated heterocycles. The maximum atomic E-state index is 12.8. The van der Waals surface area contributed by atoms with Crippen molar-refractivity contribution in [3.05, 3.63) is 96.6 Å². The van der Waals surface area contributed by atoms with Crippen molar-refractivity contribution >= 4 is 51.0 Å². The molecule has 2 aliphatic heterocycles. The average Bonchev–Trinajstić information content (AvgIpc) is 3.73. The van der Waals surface area contributed by atoms with E-state index in [0.717, 1.165) is 16.3 Å². The molecule has 0 aliphatic carbocycles. The van der Waals surface area contributed by atoms with Crippen molar-refractivity contribution in [1.82, 2.24) is 19.5 Å². The van der Waals surface area contributed by atoms with E-state index in [4.69, 9.17) is 24.5 Å². The lowest BCUT2D eigenvalue weighted by Crippen LogP contribution is -2.31. The molecule has 49 heavy (non-hydrogen) atoms. The Bertz CT molecular complexity index is 2140. The third kappa shape index (κ3) is 7.69. The fourth-order valence-corrected chi connectivity index (χ4v) is 9.96. The molecule has 2 aromatic heterocycles. The fraction of sp³-hybridized carbons (Fsp3) is 0.276. The van der Waals surface area contributed by atoms with Crippen LogP contribution in [0.1, 0.15) is 17.4 Å². The number of aromatic nitrogens is 4. The lowest BCUT2D eigenvalue weighted by atomic mass is 10.1. The summed E-state index contributed by atoms with van der Waals surface area (Å²) in [6.45, 7) is -0.692. The second-order valence-electron chi connectivity index (χ2n) is 11.3. The van der Waals surface area contributed by atoms with E-state index in [1.807, 2.05) is 42.5 Å². The summed E-state index contributed by atoms with van der Waals surface area (Å²) >= 11 is 0. The molecular weight excluding hydrogens is 703 g/mol. The van der Waals surface area contributed by atoms with Gasteiger partial charge in [-0.15, -0.1) is 0 Å². The van der Waals surface area contributed by atoms with Crippen LogP contribution < -0.4 is 5.73 Å². The summed E-state index contributed by atoms with van der Waals surface area (Å²) in [5.74, 6) is 0.140. The number of nitrogens with zero attached hydrogens (tertiary/aromatic N) is 4. The molecule has 2 fully saturated rings. The SMILES string of the molecule is Nc1ncnc2c1ncn2[C@@H]1O[C@H](COP(=O)(O)OP(=O)(O)OP(=O)(O)Cc2ccccc2)[C@@H]2OC(Cc3ccc4ccccc4c3)O[C@@H]21. The van der Waals surface area contributed by atoms with E-state index < -0.39 is 66.8 Å². The Balaban J connectivity index is 1.07. The first-order chi connectivity index (χ1) is 23.3.